The molecule has 2 aliphatic rings. The number of pyridine rings is 1. The maximum absolute atomic E-state index is 13.6. The average Bonchev–Trinajstić information content (AvgIpc) is 3.79. The quantitative estimate of drug-likeness (QED) is 0.0319. The van der Waals surface area contributed by atoms with Crippen LogP contribution in [0, 0.1) is 0 Å². The van der Waals surface area contributed by atoms with Gasteiger partial charge >= 0.3 is 12.1 Å². The molecule has 5 heterocycles. The van der Waals surface area contributed by atoms with Crippen molar-refractivity contribution in [1.82, 2.24) is 34.6 Å². The number of fused-ring (bicyclic) bond motifs is 2. The van der Waals surface area contributed by atoms with Crippen molar-refractivity contribution in [1.29, 1.82) is 0 Å². The summed E-state index contributed by atoms with van der Waals surface area (Å²) in [5.74, 6) is -5.28. The second-order valence-corrected chi connectivity index (χ2v) is 16.8. The zero-order chi connectivity index (χ0) is 51.3. The molecule has 5 N–H and O–H groups in total. The van der Waals surface area contributed by atoms with Crippen LogP contribution in [0.4, 0.5) is 42.0 Å². The van der Waals surface area contributed by atoms with Gasteiger partial charge in [0.15, 0.2) is 12.4 Å². The van der Waals surface area contributed by atoms with E-state index < -0.39 is 72.2 Å². The summed E-state index contributed by atoms with van der Waals surface area (Å²) in [4.78, 5) is 108. The summed E-state index contributed by atoms with van der Waals surface area (Å²) in [5.41, 5.74) is 7.02. The van der Waals surface area contributed by atoms with Crippen LogP contribution in [-0.4, -0.2) is 129 Å². The Balaban J connectivity index is 1.06. The van der Waals surface area contributed by atoms with Crippen molar-refractivity contribution in [2.24, 2.45) is 7.05 Å². The minimum Gasteiger partial charge on any atom is -0.466 e. The Kier molecular flexibility index (Phi) is 15.0. The van der Waals surface area contributed by atoms with Gasteiger partial charge in [0, 0.05) is 75.4 Å². The van der Waals surface area contributed by atoms with Crippen LogP contribution in [0.25, 0.3) is 22.2 Å². The van der Waals surface area contributed by atoms with E-state index in [1.54, 1.807) is 43.9 Å². The number of hydrogen-bond donors (Lipinski definition) is 5. The number of nitrogens with one attached hydrogen (secondary N) is 5. The van der Waals surface area contributed by atoms with Gasteiger partial charge in [0.1, 0.15) is 17.3 Å². The van der Waals surface area contributed by atoms with E-state index >= 15 is 0 Å². The van der Waals surface area contributed by atoms with Gasteiger partial charge in [-0.25, -0.2) is 14.8 Å². The van der Waals surface area contributed by atoms with E-state index in [2.05, 4.69) is 48.3 Å². The van der Waals surface area contributed by atoms with Crippen LogP contribution in [0.15, 0.2) is 73.6 Å². The molecule has 24 heteroatoms. The van der Waals surface area contributed by atoms with Gasteiger partial charge in [0.05, 0.1) is 34.3 Å². The second-order valence-electron chi connectivity index (χ2n) is 16.8. The molecule has 3 aromatic heterocycles. The van der Waals surface area contributed by atoms with Crippen LogP contribution in [0.2, 0.25) is 0 Å². The maximum atomic E-state index is 13.6. The summed E-state index contributed by atoms with van der Waals surface area (Å²) < 4.78 is 53.4. The first kappa shape index (κ1) is 50.5. The molecule has 0 radical (unpaired) electrons. The number of ether oxygens (including phenoxy) is 2. The number of anilines is 5. The summed E-state index contributed by atoms with van der Waals surface area (Å²) >= 11 is 0. The highest BCUT2D eigenvalue weighted by atomic mass is 19.4. The highest BCUT2D eigenvalue weighted by molar-refractivity contribution is 6.26. The number of hydrogen-bond acceptors (Lipinski definition) is 16. The number of benzene rings is 2. The number of rotatable bonds is 19. The molecular weight excluding hydrogens is 934 g/mol. The van der Waals surface area contributed by atoms with Crippen molar-refractivity contribution in [2.45, 2.75) is 51.4 Å². The zero-order valence-corrected chi connectivity index (χ0v) is 39.1. The normalized spacial score (nSPS) is 14.6. The monoisotopic (exact) mass is 982 g/mol. The molecule has 21 nitrogen and oxygen atoms in total. The Hall–Kier alpha value is -8.41. The van der Waals surface area contributed by atoms with E-state index in [-0.39, 0.29) is 90.1 Å². The summed E-state index contributed by atoms with van der Waals surface area (Å²) in [5, 5.41) is 8.21. The molecule has 1 atom stereocenters. The van der Waals surface area contributed by atoms with Crippen LogP contribution in [0.5, 0.6) is 5.88 Å². The molecule has 0 saturated carbocycles. The number of nitrogens with zero attached hydrogens (tertiary/aromatic N) is 7. The van der Waals surface area contributed by atoms with Crippen molar-refractivity contribution in [3.8, 4) is 17.1 Å². The van der Waals surface area contributed by atoms with Gasteiger partial charge in [-0.05, 0) is 57.7 Å². The van der Waals surface area contributed by atoms with Crippen molar-refractivity contribution < 1.29 is 56.2 Å². The van der Waals surface area contributed by atoms with Crippen molar-refractivity contribution >= 4 is 81.1 Å². The Morgan fingerprint density at radius 3 is 2.42 bits per heavy atom. The lowest BCUT2D eigenvalue weighted by Gasteiger charge is -2.27. The molecule has 1 saturated heterocycles. The standard InChI is InChI=1S/C47H49F3N12O9/c1-7-35(63)53-31-21-32(57-58-46-51-22-28(45(69)71-25(2)3)39(55-46)29-23-61(6)33-14-9-8-11-26(29)33)42(70-24-47(48,49)50)56-40(31)60(5)20-19-59(4)18-17-37(65)52-30-13-10-12-27-38(30)44(68)62(43(27)67)34-15-16-36(64)54-41(34)66/h7-14,21-23,25,34,57H,1,15-20,24H2,2-6H3,(H,52,65)(H,53,63)(H,51,55,58)(H,54,64,66). The molecule has 2 aliphatic heterocycles. The molecule has 0 bridgehead atoms. The minimum absolute atomic E-state index is 0.0000702. The molecule has 372 valence electrons. The molecule has 71 heavy (non-hydrogen) atoms. The van der Waals surface area contributed by atoms with Crippen LogP contribution in [0.3, 0.4) is 0 Å². The van der Waals surface area contributed by atoms with E-state index in [0.717, 1.165) is 21.9 Å². The fourth-order valence-corrected chi connectivity index (χ4v) is 7.79. The number of likely N-dealkylation sites (N-methyl/N-ethyl adjacent to an activating group) is 2. The number of aryl methyl sites for hydroxylation is 1. The molecule has 0 aliphatic carbocycles. The van der Waals surface area contributed by atoms with E-state index in [1.807, 2.05) is 35.9 Å². The lowest BCUT2D eigenvalue weighted by atomic mass is 10.0. The highest BCUT2D eigenvalue weighted by Gasteiger charge is 2.46. The molecule has 0 spiro atoms. The molecule has 5 aromatic rings. The van der Waals surface area contributed by atoms with Gasteiger partial charge in [-0.1, -0.05) is 30.8 Å². The third-order valence-corrected chi connectivity index (χ3v) is 11.2. The Labute approximate surface area is 403 Å². The number of halogens is 3. The number of para-hydroxylation sites is 1. The lowest BCUT2D eigenvalue weighted by Crippen LogP contribution is -2.54. The first-order chi connectivity index (χ1) is 33.7. The fourth-order valence-electron chi connectivity index (χ4n) is 7.79. The van der Waals surface area contributed by atoms with Gasteiger partial charge < -0.3 is 34.5 Å². The first-order valence-electron chi connectivity index (χ1n) is 22.1. The lowest BCUT2D eigenvalue weighted by molar-refractivity contribution is -0.154. The topological polar surface area (TPSA) is 251 Å². The number of carbonyl (C=O) groups is 7. The number of hydrazine groups is 1. The van der Waals surface area contributed by atoms with E-state index in [0.29, 0.717) is 5.56 Å². The number of carbonyl (C=O) groups excluding carboxylic acids is 7. The first-order valence-corrected chi connectivity index (χ1v) is 22.1. The van der Waals surface area contributed by atoms with Crippen LogP contribution >= 0.6 is 0 Å². The molecule has 6 amide bonds. The van der Waals surface area contributed by atoms with E-state index in [9.17, 15) is 46.7 Å². The maximum Gasteiger partial charge on any atom is 0.422 e. The predicted molar refractivity (Wildman–Crippen MR) is 253 cm³/mol. The molecular formula is C47H49F3N12O9. The summed E-state index contributed by atoms with van der Waals surface area (Å²) in [6.45, 7) is 5.73. The summed E-state index contributed by atoms with van der Waals surface area (Å²) in [6, 6.07) is 11.9. The SMILES string of the molecule is C=CC(=O)Nc1cc(NNc2ncc(C(=O)OC(C)C)c(-c3cn(C)c4ccccc34)n2)c(OCC(F)(F)F)nc1N(C)CCN(C)CCC(=O)Nc1cccc2c1C(=O)N(C1CCC(=O)NC1=O)C2=O. The van der Waals surface area contributed by atoms with E-state index in [4.69, 9.17) is 9.47 Å². The van der Waals surface area contributed by atoms with Gasteiger partial charge in [-0.3, -0.25) is 49.8 Å². The zero-order valence-electron chi connectivity index (χ0n) is 39.1. The number of aromatic nitrogens is 4. The number of amides is 6. The molecule has 2 aromatic carbocycles. The van der Waals surface area contributed by atoms with E-state index in [1.165, 1.54) is 30.5 Å². The second kappa shape index (κ2) is 21.1. The third-order valence-electron chi connectivity index (χ3n) is 11.2. The summed E-state index contributed by atoms with van der Waals surface area (Å²) in [6.07, 6.45) is -1.36. The predicted octanol–water partition coefficient (Wildman–Crippen LogP) is 4.90. The Morgan fingerprint density at radius 2 is 1.70 bits per heavy atom. The van der Waals surface area contributed by atoms with Crippen molar-refractivity contribution in [3.63, 3.8) is 0 Å². The van der Waals surface area contributed by atoms with Crippen molar-refractivity contribution in [2.75, 3.05) is 66.7 Å². The Bertz CT molecular complexity index is 2960. The third kappa shape index (κ3) is 11.6. The van der Waals surface area contributed by atoms with Crippen LogP contribution in [0.1, 0.15) is 64.2 Å². The minimum atomic E-state index is -4.77. The number of esters is 1. The molecule has 1 fully saturated rings. The van der Waals surface area contributed by atoms with Gasteiger partial charge in [0.25, 0.3) is 11.8 Å². The van der Waals surface area contributed by atoms with Gasteiger partial charge in [-0.2, -0.15) is 18.2 Å². The molecule has 7 rings (SSSR count). The number of imide groups is 2. The largest absolute Gasteiger partial charge is 0.466 e. The molecule has 1 unspecified atom stereocenters. The highest BCUT2D eigenvalue weighted by Crippen LogP contribution is 2.36. The average molecular weight is 983 g/mol. The van der Waals surface area contributed by atoms with Gasteiger partial charge in [0.2, 0.25) is 35.5 Å². The smallest absolute Gasteiger partial charge is 0.422 e. The fraction of sp³-hybridized carbons (Fsp3) is 0.319. The van der Waals surface area contributed by atoms with Crippen molar-refractivity contribution in [3.05, 3.63) is 90.3 Å². The summed E-state index contributed by atoms with van der Waals surface area (Å²) in [7, 11) is 5.11. The van der Waals surface area contributed by atoms with Crippen LogP contribution in [-0.2, 0) is 31.0 Å². The Morgan fingerprint density at radius 1 is 0.944 bits per heavy atom. The number of piperidine rings is 1. The van der Waals surface area contributed by atoms with Gasteiger partial charge in [-0.15, -0.1) is 0 Å². The number of alkyl halides is 3. The van der Waals surface area contributed by atoms with Crippen LogP contribution < -0.4 is 36.4 Å².